The van der Waals surface area contributed by atoms with E-state index >= 15 is 0 Å². The van der Waals surface area contributed by atoms with Crippen molar-refractivity contribution in [2.24, 2.45) is 0 Å². The van der Waals surface area contributed by atoms with Crippen molar-refractivity contribution in [1.82, 2.24) is 20.3 Å². The van der Waals surface area contributed by atoms with Crippen molar-refractivity contribution < 1.29 is 13.9 Å². The number of hydrazine groups is 1. The minimum Gasteiger partial charge on any atom is -0.496 e. The number of hydrogen-bond acceptors (Lipinski definition) is 7. The first kappa shape index (κ1) is 18.9. The number of carbonyl (C=O) groups excluding carboxylic acids is 1. The molecule has 1 saturated heterocycles. The zero-order valence-electron chi connectivity index (χ0n) is 16.7. The van der Waals surface area contributed by atoms with Crippen molar-refractivity contribution in [2.45, 2.75) is 32.0 Å². The molecule has 1 N–H and O–H groups in total. The Morgan fingerprint density at radius 2 is 2.13 bits per heavy atom. The Kier molecular flexibility index (Phi) is 4.80. The summed E-state index contributed by atoms with van der Waals surface area (Å²) in [7, 11) is 1.62. The van der Waals surface area contributed by atoms with Crippen LogP contribution in [0.1, 0.15) is 28.8 Å². The average Bonchev–Trinajstić information content (AvgIpc) is 3.50. The monoisotopic (exact) mass is 422 g/mol. The summed E-state index contributed by atoms with van der Waals surface area (Å²) in [6.45, 7) is 2.24. The molecule has 1 aromatic carbocycles. The van der Waals surface area contributed by atoms with Crippen LogP contribution in [0.25, 0.3) is 11.5 Å². The third kappa shape index (κ3) is 3.28. The van der Waals surface area contributed by atoms with E-state index in [0.29, 0.717) is 23.9 Å². The molecule has 2 aliphatic rings. The van der Waals surface area contributed by atoms with Crippen LogP contribution in [0.2, 0.25) is 0 Å². The lowest BCUT2D eigenvalue weighted by Gasteiger charge is -2.31. The van der Waals surface area contributed by atoms with E-state index in [1.165, 1.54) is 4.88 Å². The number of aryl methyl sites for hydroxylation is 1. The van der Waals surface area contributed by atoms with Crippen LogP contribution in [0.5, 0.6) is 5.75 Å². The summed E-state index contributed by atoms with van der Waals surface area (Å²) in [5.74, 6) is 1.95. The Balaban J connectivity index is 1.34. The Morgan fingerprint density at radius 3 is 2.93 bits per heavy atom. The number of oxazole rings is 1. The van der Waals surface area contributed by atoms with E-state index in [0.717, 1.165) is 17.7 Å². The van der Waals surface area contributed by atoms with E-state index in [-0.39, 0.29) is 18.0 Å². The number of ether oxygens (including phenoxy) is 1. The van der Waals surface area contributed by atoms with E-state index in [2.05, 4.69) is 21.9 Å². The van der Waals surface area contributed by atoms with Crippen molar-refractivity contribution in [1.29, 1.82) is 0 Å². The van der Waals surface area contributed by atoms with Gasteiger partial charge < -0.3 is 19.1 Å². The minimum atomic E-state index is -0.219. The standard InChI is InChI=1S/C22H22N4O3S/c1-14-17(23-21(29-14)15-6-3-4-7-19(15)28-2)13-25-9-10-26-18(22(25)27)12-16(24-26)20-8-5-11-30-20/h3-11,16,18,24H,12-13H2,1-2H3. The molecule has 154 valence electrons. The SMILES string of the molecule is COc1ccccc1-c1nc(CN2C=CN3NC(c4cccs4)CC3C2=O)c(C)o1. The zero-order valence-corrected chi connectivity index (χ0v) is 17.6. The number of hydrogen-bond donors (Lipinski definition) is 1. The second-order valence-electron chi connectivity index (χ2n) is 7.34. The molecule has 0 radical (unpaired) electrons. The third-order valence-electron chi connectivity index (χ3n) is 5.51. The lowest BCUT2D eigenvalue weighted by atomic mass is 10.1. The van der Waals surface area contributed by atoms with Gasteiger partial charge in [-0.3, -0.25) is 4.79 Å². The van der Waals surface area contributed by atoms with Crippen LogP contribution in [0.4, 0.5) is 0 Å². The molecule has 0 aliphatic carbocycles. The molecule has 2 aromatic heterocycles. The highest BCUT2D eigenvalue weighted by Crippen LogP contribution is 2.34. The first-order valence-corrected chi connectivity index (χ1v) is 10.7. The number of thiophene rings is 1. The summed E-state index contributed by atoms with van der Waals surface area (Å²) in [4.78, 5) is 20.7. The van der Waals surface area contributed by atoms with Crippen LogP contribution < -0.4 is 10.2 Å². The van der Waals surface area contributed by atoms with Crippen LogP contribution in [0.15, 0.2) is 58.6 Å². The van der Waals surface area contributed by atoms with E-state index in [9.17, 15) is 4.79 Å². The van der Waals surface area contributed by atoms with Gasteiger partial charge in [-0.1, -0.05) is 18.2 Å². The molecule has 5 rings (SSSR count). The second-order valence-corrected chi connectivity index (χ2v) is 8.32. The van der Waals surface area contributed by atoms with Crippen LogP contribution >= 0.6 is 11.3 Å². The first-order valence-electron chi connectivity index (χ1n) is 9.80. The summed E-state index contributed by atoms with van der Waals surface area (Å²) >= 11 is 1.71. The number of para-hydroxylation sites is 1. The maximum atomic E-state index is 13.1. The van der Waals surface area contributed by atoms with Gasteiger partial charge in [0.05, 0.1) is 25.3 Å². The number of amides is 1. The number of carbonyl (C=O) groups is 1. The van der Waals surface area contributed by atoms with Gasteiger partial charge in [0.1, 0.15) is 23.2 Å². The highest BCUT2D eigenvalue weighted by Gasteiger charge is 2.40. The Hall–Kier alpha value is -3.10. The lowest BCUT2D eigenvalue weighted by Crippen LogP contribution is -2.47. The summed E-state index contributed by atoms with van der Waals surface area (Å²) in [6, 6.07) is 11.7. The Morgan fingerprint density at radius 1 is 1.27 bits per heavy atom. The molecule has 0 bridgehead atoms. The second kappa shape index (κ2) is 7.62. The zero-order chi connectivity index (χ0) is 20.7. The van der Waals surface area contributed by atoms with Gasteiger partial charge in [0.15, 0.2) is 0 Å². The number of benzene rings is 1. The maximum Gasteiger partial charge on any atom is 0.251 e. The quantitative estimate of drug-likeness (QED) is 0.673. The van der Waals surface area contributed by atoms with E-state index < -0.39 is 0 Å². The minimum absolute atomic E-state index is 0.0605. The number of fused-ring (bicyclic) bond motifs is 1. The third-order valence-corrected chi connectivity index (χ3v) is 6.50. The predicted octanol–water partition coefficient (Wildman–Crippen LogP) is 3.85. The normalized spacial score (nSPS) is 20.7. The Labute approximate surface area is 178 Å². The molecule has 1 fully saturated rings. The molecule has 2 atom stereocenters. The van der Waals surface area contributed by atoms with Crippen molar-refractivity contribution in [3.63, 3.8) is 0 Å². The van der Waals surface area contributed by atoms with Crippen molar-refractivity contribution in [2.75, 3.05) is 7.11 Å². The van der Waals surface area contributed by atoms with Crippen LogP contribution in [0, 0.1) is 6.92 Å². The molecule has 0 spiro atoms. The molecular formula is C22H22N4O3S. The molecular weight excluding hydrogens is 400 g/mol. The van der Waals surface area contributed by atoms with Crippen molar-refractivity contribution in [3.8, 4) is 17.2 Å². The van der Waals surface area contributed by atoms with Crippen molar-refractivity contribution in [3.05, 3.63) is 70.5 Å². The predicted molar refractivity (Wildman–Crippen MR) is 113 cm³/mol. The maximum absolute atomic E-state index is 13.1. The smallest absolute Gasteiger partial charge is 0.251 e. The molecule has 2 unspecified atom stereocenters. The average molecular weight is 423 g/mol. The fourth-order valence-corrected chi connectivity index (χ4v) is 4.70. The van der Waals surface area contributed by atoms with E-state index in [4.69, 9.17) is 9.15 Å². The van der Waals surface area contributed by atoms with Crippen LogP contribution in [0.3, 0.4) is 0 Å². The molecule has 1 amide bonds. The van der Waals surface area contributed by atoms with Gasteiger partial charge in [-0.15, -0.1) is 11.3 Å². The van der Waals surface area contributed by atoms with Gasteiger partial charge in [0.25, 0.3) is 5.91 Å². The fraction of sp³-hybridized carbons (Fsp3) is 0.273. The van der Waals surface area contributed by atoms with Crippen LogP contribution in [-0.4, -0.2) is 34.0 Å². The van der Waals surface area contributed by atoms with E-state index in [1.54, 1.807) is 29.5 Å². The summed E-state index contributed by atoms with van der Waals surface area (Å²) < 4.78 is 11.3. The highest BCUT2D eigenvalue weighted by molar-refractivity contribution is 7.10. The van der Waals surface area contributed by atoms with E-state index in [1.807, 2.05) is 48.5 Å². The number of nitrogens with zero attached hydrogens (tertiary/aromatic N) is 3. The van der Waals surface area contributed by atoms with Gasteiger partial charge in [-0.05, 0) is 30.5 Å². The molecule has 8 heteroatoms. The summed E-state index contributed by atoms with van der Waals surface area (Å²) in [6.07, 6.45) is 4.47. The lowest BCUT2D eigenvalue weighted by molar-refractivity contribution is -0.135. The molecule has 2 aliphatic heterocycles. The Bertz CT molecular complexity index is 1090. The van der Waals surface area contributed by atoms with Gasteiger partial charge in [-0.2, -0.15) is 0 Å². The number of methoxy groups -OCH3 is 1. The molecule has 3 aromatic rings. The highest BCUT2D eigenvalue weighted by atomic mass is 32.1. The largest absolute Gasteiger partial charge is 0.496 e. The number of rotatable bonds is 5. The molecule has 0 saturated carbocycles. The summed E-state index contributed by atoms with van der Waals surface area (Å²) in [5.41, 5.74) is 4.95. The molecule has 4 heterocycles. The number of nitrogens with one attached hydrogen (secondary N) is 1. The van der Waals surface area contributed by atoms with Gasteiger partial charge in [0, 0.05) is 23.7 Å². The van der Waals surface area contributed by atoms with Crippen LogP contribution in [-0.2, 0) is 11.3 Å². The van der Waals surface area contributed by atoms with Gasteiger partial charge >= 0.3 is 0 Å². The number of aromatic nitrogens is 1. The topological polar surface area (TPSA) is 70.8 Å². The van der Waals surface area contributed by atoms with Gasteiger partial charge in [-0.25, -0.2) is 10.4 Å². The fourth-order valence-electron chi connectivity index (χ4n) is 3.92. The first-order chi connectivity index (χ1) is 14.6. The molecule has 30 heavy (non-hydrogen) atoms. The molecule has 7 nitrogen and oxygen atoms in total. The summed E-state index contributed by atoms with van der Waals surface area (Å²) in [5, 5.41) is 3.98. The van der Waals surface area contributed by atoms with Gasteiger partial charge in [0.2, 0.25) is 5.89 Å². The van der Waals surface area contributed by atoms with Crippen molar-refractivity contribution >= 4 is 17.2 Å².